The molecule has 2 aromatic carbocycles. The van der Waals surface area contributed by atoms with Gasteiger partial charge in [0, 0.05) is 43.9 Å². The number of carbonyl (C=O) groups is 2. The second-order valence-corrected chi connectivity index (χ2v) is 7.46. The van der Waals surface area contributed by atoms with Crippen molar-refractivity contribution in [2.75, 3.05) is 31.6 Å². The van der Waals surface area contributed by atoms with Crippen LogP contribution in [0.3, 0.4) is 0 Å². The van der Waals surface area contributed by atoms with Crippen molar-refractivity contribution in [2.45, 2.75) is 24.8 Å². The van der Waals surface area contributed by atoms with E-state index >= 15 is 0 Å². The van der Waals surface area contributed by atoms with Crippen LogP contribution in [-0.4, -0.2) is 49.7 Å². The van der Waals surface area contributed by atoms with E-state index in [1.807, 2.05) is 23.1 Å². The van der Waals surface area contributed by atoms with E-state index in [1.54, 1.807) is 0 Å². The molecule has 28 heavy (non-hydrogen) atoms. The molecule has 2 aliphatic rings. The molecule has 0 spiro atoms. The van der Waals surface area contributed by atoms with Gasteiger partial charge < -0.3 is 19.9 Å². The summed E-state index contributed by atoms with van der Waals surface area (Å²) in [6.45, 7) is 1.89. The molecule has 2 saturated heterocycles. The van der Waals surface area contributed by atoms with E-state index in [2.05, 4.69) is 53.7 Å². The number of anilines is 2. The van der Waals surface area contributed by atoms with Gasteiger partial charge in [-0.3, -0.25) is 4.79 Å². The van der Waals surface area contributed by atoms with Gasteiger partial charge in [0.05, 0.1) is 6.04 Å². The highest BCUT2D eigenvalue weighted by Crippen LogP contribution is 2.30. The summed E-state index contributed by atoms with van der Waals surface area (Å²) in [4.78, 5) is 27.4. The van der Waals surface area contributed by atoms with Crippen molar-refractivity contribution in [3.8, 4) is 0 Å². The number of cyclic esters (lactones) is 1. The van der Waals surface area contributed by atoms with Crippen LogP contribution in [0.15, 0.2) is 54.6 Å². The Labute approximate surface area is 165 Å². The number of likely N-dealkylation sites (tertiary alicyclic amines) is 1. The van der Waals surface area contributed by atoms with Crippen LogP contribution in [-0.2, 0) is 9.53 Å². The molecule has 4 rings (SSSR count). The minimum atomic E-state index is -0.386. The molecule has 1 N–H and O–H groups in total. The second kappa shape index (κ2) is 7.92. The predicted octanol–water partition coefficient (Wildman–Crippen LogP) is 3.27. The predicted molar refractivity (Wildman–Crippen MR) is 108 cm³/mol. The summed E-state index contributed by atoms with van der Waals surface area (Å²) in [5, 5.41) is 2.71. The number of carbonyl (C=O) groups excluding carboxylic acids is 2. The third kappa shape index (κ3) is 3.96. The van der Waals surface area contributed by atoms with Crippen LogP contribution in [0.25, 0.3) is 0 Å². The van der Waals surface area contributed by atoms with Crippen LogP contribution < -0.4 is 10.2 Å². The van der Waals surface area contributed by atoms with Gasteiger partial charge in [0.2, 0.25) is 5.91 Å². The number of ether oxygens (including phenoxy) is 1. The molecule has 2 heterocycles. The van der Waals surface area contributed by atoms with Gasteiger partial charge in [0.1, 0.15) is 6.61 Å². The molecular formula is C22H25N3O3. The lowest BCUT2D eigenvalue weighted by molar-refractivity contribution is -0.135. The first-order valence-corrected chi connectivity index (χ1v) is 9.70. The Kier molecular flexibility index (Phi) is 5.19. The van der Waals surface area contributed by atoms with Gasteiger partial charge in [-0.15, -0.1) is 0 Å². The third-order valence-electron chi connectivity index (χ3n) is 5.57. The average Bonchev–Trinajstić information content (AvgIpc) is 3.11. The van der Waals surface area contributed by atoms with Crippen molar-refractivity contribution in [2.24, 2.45) is 0 Å². The Bertz CT molecular complexity index is 832. The average molecular weight is 379 g/mol. The first kappa shape index (κ1) is 18.3. The summed E-state index contributed by atoms with van der Waals surface area (Å²) in [6.07, 6.45) is 0.691. The largest absolute Gasteiger partial charge is 0.447 e. The lowest BCUT2D eigenvalue weighted by Crippen LogP contribution is -2.48. The minimum Gasteiger partial charge on any atom is -0.447 e. The van der Waals surface area contributed by atoms with E-state index in [-0.39, 0.29) is 18.0 Å². The smallest absolute Gasteiger partial charge is 0.407 e. The molecule has 0 aromatic heterocycles. The van der Waals surface area contributed by atoms with Crippen molar-refractivity contribution >= 4 is 23.4 Å². The molecule has 2 aliphatic heterocycles. The SMILES string of the molecule is CN(c1ccccc1)c1ccc(C2CN(C(=O)CC[C@@H]3COC(=O)N3)C2)cc1. The van der Waals surface area contributed by atoms with Gasteiger partial charge in [0.25, 0.3) is 0 Å². The molecule has 6 nitrogen and oxygen atoms in total. The van der Waals surface area contributed by atoms with Crippen molar-refractivity contribution < 1.29 is 14.3 Å². The summed E-state index contributed by atoms with van der Waals surface area (Å²) in [5.41, 5.74) is 3.56. The van der Waals surface area contributed by atoms with Crippen LogP contribution in [0.4, 0.5) is 16.2 Å². The Hall–Kier alpha value is -3.02. The topological polar surface area (TPSA) is 61.9 Å². The van der Waals surface area contributed by atoms with Crippen molar-refractivity contribution in [3.63, 3.8) is 0 Å². The first-order valence-electron chi connectivity index (χ1n) is 9.70. The minimum absolute atomic E-state index is 0.0392. The Balaban J connectivity index is 1.26. The van der Waals surface area contributed by atoms with Gasteiger partial charge in [-0.2, -0.15) is 0 Å². The highest BCUT2D eigenvalue weighted by Gasteiger charge is 2.32. The lowest BCUT2D eigenvalue weighted by atomic mass is 9.90. The maximum absolute atomic E-state index is 12.3. The van der Waals surface area contributed by atoms with Crippen LogP contribution in [0.5, 0.6) is 0 Å². The van der Waals surface area contributed by atoms with Gasteiger partial charge >= 0.3 is 6.09 Å². The highest BCUT2D eigenvalue weighted by atomic mass is 16.6. The number of hydrogen-bond acceptors (Lipinski definition) is 4. The summed E-state index contributed by atoms with van der Waals surface area (Å²) in [6, 6.07) is 18.8. The lowest BCUT2D eigenvalue weighted by Gasteiger charge is -2.40. The highest BCUT2D eigenvalue weighted by molar-refractivity contribution is 5.77. The van der Waals surface area contributed by atoms with Gasteiger partial charge in [-0.05, 0) is 36.2 Å². The molecule has 2 fully saturated rings. The fourth-order valence-corrected chi connectivity index (χ4v) is 3.70. The molecule has 6 heteroatoms. The molecule has 0 saturated carbocycles. The van der Waals surface area contributed by atoms with Gasteiger partial charge in [0.15, 0.2) is 0 Å². The van der Waals surface area contributed by atoms with E-state index in [4.69, 9.17) is 4.74 Å². The molecule has 0 unspecified atom stereocenters. The number of benzene rings is 2. The Morgan fingerprint density at radius 3 is 2.43 bits per heavy atom. The van der Waals surface area contributed by atoms with Gasteiger partial charge in [-0.1, -0.05) is 30.3 Å². The summed E-state index contributed by atoms with van der Waals surface area (Å²) in [5.74, 6) is 0.548. The number of nitrogens with one attached hydrogen (secondary N) is 1. The van der Waals surface area contributed by atoms with E-state index in [1.165, 1.54) is 5.56 Å². The first-order chi connectivity index (χ1) is 13.6. The number of alkyl carbamates (subject to hydrolysis) is 1. The summed E-state index contributed by atoms with van der Waals surface area (Å²) < 4.78 is 4.85. The zero-order chi connectivity index (χ0) is 19.5. The van der Waals surface area contributed by atoms with Gasteiger partial charge in [-0.25, -0.2) is 4.79 Å². The zero-order valence-electron chi connectivity index (χ0n) is 16.0. The molecule has 2 aromatic rings. The maximum Gasteiger partial charge on any atom is 0.407 e. The Morgan fingerprint density at radius 2 is 1.79 bits per heavy atom. The molecule has 0 aliphatic carbocycles. The number of hydrogen-bond donors (Lipinski definition) is 1. The summed E-state index contributed by atoms with van der Waals surface area (Å²) >= 11 is 0. The van der Waals surface area contributed by atoms with E-state index < -0.39 is 0 Å². The molecule has 0 bridgehead atoms. The Morgan fingerprint density at radius 1 is 1.11 bits per heavy atom. The van der Waals surface area contributed by atoms with Crippen molar-refractivity contribution in [3.05, 3.63) is 60.2 Å². The molecule has 2 amide bonds. The van der Waals surface area contributed by atoms with E-state index in [0.717, 1.165) is 24.5 Å². The summed E-state index contributed by atoms with van der Waals surface area (Å²) in [7, 11) is 2.06. The quantitative estimate of drug-likeness (QED) is 0.837. The van der Waals surface area contributed by atoms with Crippen LogP contribution in [0.1, 0.15) is 24.3 Å². The number of para-hydroxylation sites is 1. The van der Waals surface area contributed by atoms with E-state index in [9.17, 15) is 9.59 Å². The third-order valence-corrected chi connectivity index (χ3v) is 5.57. The fourth-order valence-electron chi connectivity index (χ4n) is 3.70. The maximum atomic E-state index is 12.3. The van der Waals surface area contributed by atoms with E-state index in [0.29, 0.717) is 25.4 Å². The zero-order valence-corrected chi connectivity index (χ0v) is 16.0. The number of nitrogens with zero attached hydrogens (tertiary/aromatic N) is 2. The van der Waals surface area contributed by atoms with Crippen LogP contribution in [0.2, 0.25) is 0 Å². The second-order valence-electron chi connectivity index (χ2n) is 7.46. The molecule has 1 atom stereocenters. The van der Waals surface area contributed by atoms with Crippen molar-refractivity contribution in [1.29, 1.82) is 0 Å². The molecule has 0 radical (unpaired) electrons. The van der Waals surface area contributed by atoms with Crippen LogP contribution >= 0.6 is 0 Å². The van der Waals surface area contributed by atoms with Crippen molar-refractivity contribution in [1.82, 2.24) is 10.2 Å². The fraction of sp³-hybridized carbons (Fsp3) is 0.364. The van der Waals surface area contributed by atoms with Crippen LogP contribution in [0, 0.1) is 0 Å². The standard InChI is InChI=1S/C22H25N3O3/c1-24(19-5-3-2-4-6-19)20-10-7-16(8-11-20)17-13-25(14-17)21(26)12-9-18-15-28-22(27)23-18/h2-8,10-11,17-18H,9,12-15H2,1H3,(H,23,27)/t18-/m1/s1. The number of amides is 2. The normalized spacial score (nSPS) is 19.0. The molecular weight excluding hydrogens is 354 g/mol. The monoisotopic (exact) mass is 379 g/mol. The molecule has 146 valence electrons. The number of rotatable bonds is 6.